The Labute approximate surface area is 458 Å². The van der Waals surface area contributed by atoms with Gasteiger partial charge in [0.2, 0.25) is 20.0 Å². The molecule has 5 aromatic rings. The topological polar surface area (TPSA) is 246 Å². The lowest BCUT2D eigenvalue weighted by Gasteiger charge is -2.35. The molecule has 0 bridgehead atoms. The number of aliphatic hydroxyl groups is 2. The standard InChI is InChI=1S/C20H19Cl2F3N2O5S.C18H16ClF3N2O5S.C9H11ClO3S/c21-6-8-32-16-4-1-12(19(29)26-13-2-3-15(23)14(22)10-13)9-17(16)33(30,31)27-7-5-18(28)20(24,25)11-27;19-12-8-11(2-3-13(12)20)23-17(27)10-1-4-14(25)15(7-10)30(28,29)24-6-5-16(26)18(21,22)9-24;1-8-2-4-9(5-3-8)14(11,12)13-7-6-10/h1-4,9-10,18,28H,5-8,11H2,(H,26,29);1-4,7-8,16,25-26H,5-6,9H2,(H,23,27);2-5H,6-7H2,1H3. The molecule has 2 fully saturated rings. The number of alkyl halides is 6. The number of sulfonamides is 2. The number of carbonyl (C=O) groups is 2. The van der Waals surface area contributed by atoms with Crippen molar-refractivity contribution in [3.05, 3.63) is 135 Å². The molecule has 2 saturated heterocycles. The van der Waals surface area contributed by atoms with Gasteiger partial charge in [-0.3, -0.25) is 13.8 Å². The molecule has 30 heteroatoms. The van der Waals surface area contributed by atoms with Crippen molar-refractivity contribution in [1.82, 2.24) is 8.61 Å². The molecule has 7 rings (SSSR count). The van der Waals surface area contributed by atoms with Crippen molar-refractivity contribution in [2.45, 2.75) is 58.5 Å². The number of aromatic hydroxyl groups is 1. The summed E-state index contributed by atoms with van der Waals surface area (Å²) in [6.07, 6.45) is -4.89. The molecule has 77 heavy (non-hydrogen) atoms. The first-order valence-electron chi connectivity index (χ1n) is 22.3. The van der Waals surface area contributed by atoms with Gasteiger partial charge in [0.15, 0.2) is 0 Å². The number of benzene rings is 5. The lowest BCUT2D eigenvalue weighted by molar-refractivity contribution is -0.136. The van der Waals surface area contributed by atoms with Crippen molar-refractivity contribution in [1.29, 1.82) is 0 Å². The number of ether oxygens (including phenoxy) is 1. The number of hydrogen-bond donors (Lipinski definition) is 5. The highest BCUT2D eigenvalue weighted by atomic mass is 35.5. The zero-order valence-corrected chi connectivity index (χ0v) is 45.3. The third-order valence-electron chi connectivity index (χ3n) is 11.0. The fraction of sp³-hybridized carbons (Fsp3) is 0.319. The number of phenolic OH excluding ortho intramolecular Hbond substituents is 1. The van der Waals surface area contributed by atoms with E-state index in [1.165, 1.54) is 42.5 Å². The van der Waals surface area contributed by atoms with Crippen molar-refractivity contribution in [2.75, 3.05) is 61.8 Å². The summed E-state index contributed by atoms with van der Waals surface area (Å²) in [5.41, 5.74) is 0.962. The zero-order chi connectivity index (χ0) is 57.3. The summed E-state index contributed by atoms with van der Waals surface area (Å²) in [6, 6.07) is 19.7. The Morgan fingerprint density at radius 3 is 1.53 bits per heavy atom. The normalized spacial score (nSPS) is 17.7. The van der Waals surface area contributed by atoms with E-state index in [4.69, 9.17) is 51.1 Å². The Kier molecular flexibility index (Phi) is 21.5. The third-order valence-corrected chi connectivity index (χ3v) is 17.0. The van der Waals surface area contributed by atoms with Crippen LogP contribution < -0.4 is 15.4 Å². The van der Waals surface area contributed by atoms with Crippen LogP contribution in [-0.4, -0.2) is 136 Å². The Balaban J connectivity index is 0.000000229. The summed E-state index contributed by atoms with van der Waals surface area (Å²) in [7, 11) is -12.7. The monoisotopic (exact) mass is 1220 g/mol. The van der Waals surface area contributed by atoms with Gasteiger partial charge in [0.25, 0.3) is 33.8 Å². The molecule has 420 valence electrons. The molecular formula is C47H46Cl4F6N4O13S3. The highest BCUT2D eigenvalue weighted by Crippen LogP contribution is 2.36. The fourth-order valence-corrected chi connectivity index (χ4v) is 11.6. The Hall–Kier alpha value is -4.97. The second kappa shape index (κ2) is 26.3. The molecule has 2 amide bonds. The van der Waals surface area contributed by atoms with E-state index < -0.39 is 119 Å². The quantitative estimate of drug-likeness (QED) is 0.0375. The number of aliphatic hydroxyl groups excluding tert-OH is 2. The molecule has 0 saturated carbocycles. The molecule has 0 spiro atoms. The molecule has 17 nitrogen and oxygen atoms in total. The predicted octanol–water partition coefficient (Wildman–Crippen LogP) is 8.51. The fourth-order valence-electron chi connectivity index (χ4n) is 6.93. The second-order valence-electron chi connectivity index (χ2n) is 16.6. The molecule has 2 heterocycles. The van der Waals surface area contributed by atoms with Crippen LogP contribution in [0.25, 0.3) is 0 Å². The molecule has 2 aliphatic rings. The Morgan fingerprint density at radius 2 is 1.09 bits per heavy atom. The molecule has 2 unspecified atom stereocenters. The van der Waals surface area contributed by atoms with E-state index in [9.17, 15) is 76.5 Å². The number of amides is 2. The van der Waals surface area contributed by atoms with Gasteiger partial charge >= 0.3 is 0 Å². The van der Waals surface area contributed by atoms with Gasteiger partial charge in [-0.2, -0.15) is 17.0 Å². The SMILES string of the molecule is Cc1ccc(S(=O)(=O)OCCCl)cc1.O=C(Nc1ccc(F)c(Cl)c1)c1ccc(O)c(S(=O)(=O)N2CCC(O)C(F)(F)C2)c1.O=C(Nc1ccc(F)c(Cl)c1)c1ccc(OCCCl)c(S(=O)(=O)N2CCC(O)C(F)(F)C2)c1. The number of phenols is 1. The van der Waals surface area contributed by atoms with E-state index in [-0.39, 0.29) is 81.3 Å². The number of halogens is 10. The predicted molar refractivity (Wildman–Crippen MR) is 273 cm³/mol. The number of anilines is 2. The first-order valence-corrected chi connectivity index (χ1v) is 28.4. The van der Waals surface area contributed by atoms with E-state index in [1.807, 2.05) is 6.92 Å². The molecule has 0 aromatic heterocycles. The van der Waals surface area contributed by atoms with Crippen LogP contribution in [0.4, 0.5) is 37.7 Å². The maximum Gasteiger partial charge on any atom is 0.297 e. The van der Waals surface area contributed by atoms with Crippen molar-refractivity contribution in [3.8, 4) is 11.5 Å². The number of carbonyl (C=O) groups excluding carboxylic acids is 2. The summed E-state index contributed by atoms with van der Waals surface area (Å²) < 4.78 is 168. The van der Waals surface area contributed by atoms with Gasteiger partial charge < -0.3 is 30.7 Å². The number of hydrogen-bond acceptors (Lipinski definition) is 13. The van der Waals surface area contributed by atoms with Gasteiger partial charge in [0, 0.05) is 41.5 Å². The van der Waals surface area contributed by atoms with E-state index in [2.05, 4.69) is 14.8 Å². The average molecular weight is 1230 g/mol. The molecule has 2 aliphatic heterocycles. The minimum absolute atomic E-state index is 0.00222. The van der Waals surface area contributed by atoms with Gasteiger partial charge in [-0.25, -0.2) is 43.2 Å². The highest BCUT2D eigenvalue weighted by molar-refractivity contribution is 7.89. The summed E-state index contributed by atoms with van der Waals surface area (Å²) in [5.74, 6) is -10.9. The van der Waals surface area contributed by atoms with Gasteiger partial charge in [-0.15, -0.1) is 23.2 Å². The van der Waals surface area contributed by atoms with Gasteiger partial charge in [0.05, 0.1) is 40.5 Å². The molecule has 0 aliphatic carbocycles. The first-order chi connectivity index (χ1) is 35.9. The smallest absolute Gasteiger partial charge is 0.297 e. The average Bonchev–Trinajstić information content (AvgIpc) is 3.37. The summed E-state index contributed by atoms with van der Waals surface area (Å²) in [4.78, 5) is 24.0. The Bertz CT molecular complexity index is 3280. The maximum atomic E-state index is 14.0. The first kappa shape index (κ1) is 62.9. The van der Waals surface area contributed by atoms with E-state index in [0.29, 0.717) is 8.61 Å². The van der Waals surface area contributed by atoms with Crippen molar-refractivity contribution >= 4 is 99.8 Å². The van der Waals surface area contributed by atoms with E-state index in [1.54, 1.807) is 12.1 Å². The van der Waals surface area contributed by atoms with Gasteiger partial charge in [0.1, 0.15) is 51.7 Å². The van der Waals surface area contributed by atoms with Gasteiger partial charge in [-0.05, 0) is 105 Å². The van der Waals surface area contributed by atoms with E-state index in [0.717, 1.165) is 48.0 Å². The van der Waals surface area contributed by atoms with Crippen LogP contribution in [0.1, 0.15) is 39.1 Å². The van der Waals surface area contributed by atoms with Gasteiger partial charge in [-0.1, -0.05) is 40.9 Å². The van der Waals surface area contributed by atoms with Crippen molar-refractivity contribution < 1.29 is 85.4 Å². The van der Waals surface area contributed by atoms with Crippen LogP contribution >= 0.6 is 46.4 Å². The van der Waals surface area contributed by atoms with Crippen LogP contribution in [0, 0.1) is 18.6 Å². The van der Waals surface area contributed by atoms with Crippen LogP contribution in [0.3, 0.4) is 0 Å². The van der Waals surface area contributed by atoms with E-state index >= 15 is 0 Å². The minimum atomic E-state index is -4.59. The van der Waals surface area contributed by atoms with Crippen molar-refractivity contribution in [3.63, 3.8) is 0 Å². The largest absolute Gasteiger partial charge is 0.507 e. The molecule has 0 radical (unpaired) electrons. The van der Waals surface area contributed by atoms with Crippen LogP contribution in [-0.2, 0) is 34.3 Å². The summed E-state index contributed by atoms with van der Waals surface area (Å²) >= 11 is 22.3. The molecular weight excluding hydrogens is 1180 g/mol. The molecule has 2 atom stereocenters. The number of nitrogens with one attached hydrogen (secondary N) is 2. The number of piperidine rings is 2. The summed E-state index contributed by atoms with van der Waals surface area (Å²) in [6.45, 7) is -1.41. The second-order valence-corrected chi connectivity index (χ2v) is 23.6. The number of rotatable bonds is 15. The number of nitrogens with zero attached hydrogens (tertiary/aromatic N) is 2. The minimum Gasteiger partial charge on any atom is -0.507 e. The molecule has 5 N–H and O–H groups in total. The summed E-state index contributed by atoms with van der Waals surface area (Å²) in [5, 5.41) is 33.2. The lowest BCUT2D eigenvalue weighted by Crippen LogP contribution is -2.53. The highest BCUT2D eigenvalue weighted by Gasteiger charge is 2.49. The maximum absolute atomic E-state index is 14.0. The zero-order valence-electron chi connectivity index (χ0n) is 39.8. The third kappa shape index (κ3) is 16.3. The molecule has 5 aromatic carbocycles. The Morgan fingerprint density at radius 1 is 0.649 bits per heavy atom. The van der Waals surface area contributed by atoms with Crippen LogP contribution in [0.5, 0.6) is 11.5 Å². The lowest BCUT2D eigenvalue weighted by atomic mass is 10.1. The number of aryl methyl sites for hydroxylation is 1. The van der Waals surface area contributed by atoms with Crippen LogP contribution in [0.2, 0.25) is 10.0 Å². The van der Waals surface area contributed by atoms with Crippen LogP contribution in [0.15, 0.2) is 112 Å². The van der Waals surface area contributed by atoms with Crippen molar-refractivity contribution in [2.24, 2.45) is 0 Å².